The van der Waals surface area contributed by atoms with Crippen molar-refractivity contribution in [3.8, 4) is 11.5 Å². The second-order valence-electron chi connectivity index (χ2n) is 5.59. The maximum absolute atomic E-state index is 12.2. The van der Waals surface area contributed by atoms with Crippen molar-refractivity contribution in [1.29, 1.82) is 0 Å². The van der Waals surface area contributed by atoms with Crippen molar-refractivity contribution in [3.63, 3.8) is 0 Å². The lowest BCUT2D eigenvalue weighted by Gasteiger charge is -2.06. The quantitative estimate of drug-likeness (QED) is 0.320. The van der Waals surface area contributed by atoms with Gasteiger partial charge in [0.15, 0.2) is 5.78 Å². The Hall–Kier alpha value is -2.50. The molecule has 4 nitrogen and oxygen atoms in total. The maximum Gasteiger partial charge on any atom is 0.185 e. The van der Waals surface area contributed by atoms with E-state index in [1.54, 1.807) is 61.7 Å². The first-order valence-corrected chi connectivity index (χ1v) is 9.25. The van der Waals surface area contributed by atoms with E-state index >= 15 is 0 Å². The van der Waals surface area contributed by atoms with Crippen molar-refractivity contribution in [1.82, 2.24) is 0 Å². The van der Waals surface area contributed by atoms with Crippen LogP contribution in [0, 0.1) is 0 Å². The molecule has 0 amide bonds. The molecule has 0 saturated carbocycles. The van der Waals surface area contributed by atoms with Crippen LogP contribution < -0.4 is 9.47 Å². The number of allylic oxidation sites excluding steroid dienone is 1. The second kappa shape index (κ2) is 8.93. The van der Waals surface area contributed by atoms with E-state index in [2.05, 4.69) is 15.9 Å². The van der Waals surface area contributed by atoms with E-state index in [1.165, 1.54) is 6.08 Å². The zero-order chi connectivity index (χ0) is 19.2. The standard InChI is InChI=1S/C21H16BrClO4/c1-25-16-5-2-14(3-6-16)20(24)10-9-17-7-8-18(27-17)13-26-21-11-4-15(22)12-19(21)23/h2-12H,13H2,1H3/b10-9+. The van der Waals surface area contributed by atoms with Crippen LogP contribution in [0.2, 0.25) is 5.02 Å². The number of carbonyl (C=O) groups excluding carboxylic acids is 1. The van der Waals surface area contributed by atoms with Gasteiger partial charge in [0, 0.05) is 10.0 Å². The molecule has 0 atom stereocenters. The van der Waals surface area contributed by atoms with E-state index in [-0.39, 0.29) is 12.4 Å². The highest BCUT2D eigenvalue weighted by Gasteiger charge is 2.06. The Morgan fingerprint density at radius 3 is 2.63 bits per heavy atom. The highest BCUT2D eigenvalue weighted by molar-refractivity contribution is 9.10. The van der Waals surface area contributed by atoms with Crippen LogP contribution in [0.15, 0.2) is 69.6 Å². The zero-order valence-corrected chi connectivity index (χ0v) is 16.8. The van der Waals surface area contributed by atoms with Crippen LogP contribution in [0.4, 0.5) is 0 Å². The molecule has 1 aromatic heterocycles. The van der Waals surface area contributed by atoms with Gasteiger partial charge in [-0.15, -0.1) is 0 Å². The topological polar surface area (TPSA) is 48.7 Å². The first-order chi connectivity index (χ1) is 13.0. The minimum atomic E-state index is -0.117. The third kappa shape index (κ3) is 5.25. The van der Waals surface area contributed by atoms with Gasteiger partial charge in [0.1, 0.15) is 29.6 Å². The molecular weight excluding hydrogens is 432 g/mol. The van der Waals surface area contributed by atoms with Crippen molar-refractivity contribution in [2.75, 3.05) is 7.11 Å². The molecule has 0 saturated heterocycles. The van der Waals surface area contributed by atoms with E-state index < -0.39 is 0 Å². The summed E-state index contributed by atoms with van der Waals surface area (Å²) in [6.45, 7) is 0.238. The van der Waals surface area contributed by atoms with Gasteiger partial charge in [0.05, 0.1) is 12.1 Å². The molecule has 1 heterocycles. The smallest absolute Gasteiger partial charge is 0.185 e. The summed E-state index contributed by atoms with van der Waals surface area (Å²) in [5.74, 6) is 2.36. The normalized spacial score (nSPS) is 10.9. The lowest BCUT2D eigenvalue weighted by Crippen LogP contribution is -1.94. The molecule has 0 spiro atoms. The van der Waals surface area contributed by atoms with E-state index in [0.717, 1.165) is 4.47 Å². The Bertz CT molecular complexity index is 961. The van der Waals surface area contributed by atoms with Crippen molar-refractivity contribution in [2.45, 2.75) is 6.61 Å². The summed E-state index contributed by atoms with van der Waals surface area (Å²) in [5.41, 5.74) is 0.576. The van der Waals surface area contributed by atoms with Crippen LogP contribution in [0.25, 0.3) is 6.08 Å². The van der Waals surface area contributed by atoms with Crippen molar-refractivity contribution in [2.24, 2.45) is 0 Å². The summed E-state index contributed by atoms with van der Waals surface area (Å²) in [6, 6.07) is 15.9. The van der Waals surface area contributed by atoms with Gasteiger partial charge in [-0.05, 0) is 66.7 Å². The molecule has 0 N–H and O–H groups in total. The highest BCUT2D eigenvalue weighted by atomic mass is 79.9. The molecule has 0 radical (unpaired) electrons. The van der Waals surface area contributed by atoms with Gasteiger partial charge in [-0.25, -0.2) is 0 Å². The molecule has 3 aromatic rings. The van der Waals surface area contributed by atoms with Crippen LogP contribution in [0.3, 0.4) is 0 Å². The third-order valence-corrected chi connectivity index (χ3v) is 4.51. The van der Waals surface area contributed by atoms with Gasteiger partial charge in [-0.2, -0.15) is 0 Å². The Balaban J connectivity index is 1.59. The van der Waals surface area contributed by atoms with Gasteiger partial charge >= 0.3 is 0 Å². The van der Waals surface area contributed by atoms with E-state index in [9.17, 15) is 4.79 Å². The fourth-order valence-electron chi connectivity index (χ4n) is 2.31. The first-order valence-electron chi connectivity index (χ1n) is 8.08. The number of carbonyl (C=O) groups is 1. The average Bonchev–Trinajstić information content (AvgIpc) is 3.13. The summed E-state index contributed by atoms with van der Waals surface area (Å²) >= 11 is 9.47. The second-order valence-corrected chi connectivity index (χ2v) is 6.92. The fourth-order valence-corrected chi connectivity index (χ4v) is 3.04. The minimum Gasteiger partial charge on any atom is -0.497 e. The summed E-state index contributed by atoms with van der Waals surface area (Å²) in [5, 5.41) is 0.515. The van der Waals surface area contributed by atoms with Crippen molar-refractivity contribution in [3.05, 3.63) is 87.3 Å². The highest BCUT2D eigenvalue weighted by Crippen LogP contribution is 2.28. The summed E-state index contributed by atoms with van der Waals surface area (Å²) < 4.78 is 17.3. The number of methoxy groups -OCH3 is 1. The fraction of sp³-hybridized carbons (Fsp3) is 0.0952. The number of benzene rings is 2. The number of hydrogen-bond donors (Lipinski definition) is 0. The molecule has 0 bridgehead atoms. The molecular formula is C21H16BrClO4. The molecule has 2 aromatic carbocycles. The molecule has 0 aliphatic carbocycles. The SMILES string of the molecule is COc1ccc(C(=O)/C=C/c2ccc(COc3ccc(Br)cc3Cl)o2)cc1. The molecule has 138 valence electrons. The molecule has 0 unspecified atom stereocenters. The molecule has 3 rings (SSSR count). The van der Waals surface area contributed by atoms with Crippen LogP contribution >= 0.6 is 27.5 Å². The Kier molecular flexibility index (Phi) is 6.37. The van der Waals surface area contributed by atoms with Gasteiger partial charge in [-0.1, -0.05) is 27.5 Å². The number of rotatable bonds is 7. The first kappa shape index (κ1) is 19.3. The predicted molar refractivity (Wildman–Crippen MR) is 109 cm³/mol. The third-order valence-electron chi connectivity index (χ3n) is 3.72. The summed E-state index contributed by atoms with van der Waals surface area (Å²) in [4.78, 5) is 12.2. The molecule has 27 heavy (non-hydrogen) atoms. The van der Waals surface area contributed by atoms with Gasteiger partial charge in [0.2, 0.25) is 0 Å². The van der Waals surface area contributed by atoms with E-state index in [0.29, 0.717) is 33.6 Å². The maximum atomic E-state index is 12.2. The Labute approximate surface area is 170 Å². The molecule has 0 fully saturated rings. The zero-order valence-electron chi connectivity index (χ0n) is 14.4. The Morgan fingerprint density at radius 1 is 1.15 bits per heavy atom. The molecule has 0 aliphatic heterocycles. The minimum absolute atomic E-state index is 0.117. The molecule has 6 heteroatoms. The molecule has 0 aliphatic rings. The van der Waals surface area contributed by atoms with Crippen LogP contribution in [-0.4, -0.2) is 12.9 Å². The largest absolute Gasteiger partial charge is 0.497 e. The van der Waals surface area contributed by atoms with Crippen LogP contribution in [-0.2, 0) is 6.61 Å². The van der Waals surface area contributed by atoms with Crippen LogP contribution in [0.1, 0.15) is 21.9 Å². The number of ether oxygens (including phenoxy) is 2. The number of hydrogen-bond acceptors (Lipinski definition) is 4. The van der Waals surface area contributed by atoms with Crippen molar-refractivity contribution < 1.29 is 18.7 Å². The summed E-state index contributed by atoms with van der Waals surface area (Å²) in [7, 11) is 1.58. The number of furan rings is 1. The van der Waals surface area contributed by atoms with Crippen LogP contribution in [0.5, 0.6) is 11.5 Å². The van der Waals surface area contributed by atoms with E-state index in [1.807, 2.05) is 6.07 Å². The van der Waals surface area contributed by atoms with Gasteiger partial charge in [0.25, 0.3) is 0 Å². The summed E-state index contributed by atoms with van der Waals surface area (Å²) in [6.07, 6.45) is 3.10. The lowest BCUT2D eigenvalue weighted by atomic mass is 10.1. The number of halogens is 2. The Morgan fingerprint density at radius 2 is 1.93 bits per heavy atom. The van der Waals surface area contributed by atoms with Crippen molar-refractivity contribution >= 4 is 39.4 Å². The predicted octanol–water partition coefficient (Wildman–Crippen LogP) is 6.18. The average molecular weight is 448 g/mol. The van der Waals surface area contributed by atoms with Gasteiger partial charge < -0.3 is 13.9 Å². The van der Waals surface area contributed by atoms with Gasteiger partial charge in [-0.3, -0.25) is 4.79 Å². The van der Waals surface area contributed by atoms with E-state index in [4.69, 9.17) is 25.5 Å². The number of ketones is 1. The monoisotopic (exact) mass is 446 g/mol. The lowest BCUT2D eigenvalue weighted by molar-refractivity contribution is 0.104.